The zero-order valence-electron chi connectivity index (χ0n) is 10.3. The van der Waals surface area contributed by atoms with Crippen LogP contribution in [0.5, 0.6) is 0 Å². The van der Waals surface area contributed by atoms with Gasteiger partial charge in [0, 0.05) is 9.64 Å². The summed E-state index contributed by atoms with van der Waals surface area (Å²) in [7, 11) is 0. The molecule has 0 bridgehead atoms. The molecular weight excluding hydrogens is 458 g/mol. The number of nitrogens with zero attached hydrogens (tertiary/aromatic N) is 1. The van der Waals surface area contributed by atoms with Crippen molar-refractivity contribution in [2.45, 2.75) is 0 Å². The Kier molecular flexibility index (Phi) is 4.88. The normalized spacial score (nSPS) is 10.2. The first-order valence-corrected chi connectivity index (χ1v) is 7.46. The predicted molar refractivity (Wildman–Crippen MR) is 87.9 cm³/mol. The van der Waals surface area contributed by atoms with E-state index in [9.17, 15) is 19.3 Å². The van der Waals surface area contributed by atoms with E-state index in [0.29, 0.717) is 9.26 Å². The molecule has 8 heteroatoms. The second kappa shape index (κ2) is 6.48. The van der Waals surface area contributed by atoms with Gasteiger partial charge in [-0.15, -0.1) is 0 Å². The molecule has 1 amide bonds. The molecule has 5 nitrogen and oxygen atoms in total. The van der Waals surface area contributed by atoms with Gasteiger partial charge < -0.3 is 5.32 Å². The fourth-order valence-corrected chi connectivity index (χ4v) is 2.82. The largest absolute Gasteiger partial charge is 0.321 e. The molecule has 0 fully saturated rings. The van der Waals surface area contributed by atoms with Crippen LogP contribution in [0.4, 0.5) is 15.8 Å². The molecule has 0 aliphatic rings. The van der Waals surface area contributed by atoms with Crippen molar-refractivity contribution < 1.29 is 14.1 Å². The number of carbonyl (C=O) groups excluding carboxylic acids is 1. The maximum atomic E-state index is 13.0. The van der Waals surface area contributed by atoms with Crippen LogP contribution in [-0.4, -0.2) is 10.8 Å². The topological polar surface area (TPSA) is 72.2 Å². The summed E-state index contributed by atoms with van der Waals surface area (Å²) >= 11 is 4.95. The number of hydrogen-bond acceptors (Lipinski definition) is 3. The molecule has 0 heterocycles. The standard InChI is InChI=1S/C13H7BrFIN2O3/c14-12-8(2-1-3-11(12)18(20)21)13(19)17-10-5-4-7(15)6-9(10)16/h1-6H,(H,17,19). The highest BCUT2D eigenvalue weighted by atomic mass is 127. The molecule has 0 saturated carbocycles. The zero-order valence-corrected chi connectivity index (χ0v) is 14.0. The van der Waals surface area contributed by atoms with Gasteiger partial charge in [0.15, 0.2) is 0 Å². The molecule has 0 atom stereocenters. The van der Waals surface area contributed by atoms with Crippen molar-refractivity contribution in [2.24, 2.45) is 0 Å². The van der Waals surface area contributed by atoms with Crippen molar-refractivity contribution in [2.75, 3.05) is 5.32 Å². The molecule has 0 saturated heterocycles. The van der Waals surface area contributed by atoms with E-state index in [1.54, 1.807) is 0 Å². The predicted octanol–water partition coefficient (Wildman–Crippen LogP) is 4.35. The fourth-order valence-electron chi connectivity index (χ4n) is 1.62. The smallest absolute Gasteiger partial charge is 0.284 e. The minimum absolute atomic E-state index is 0.101. The first kappa shape index (κ1) is 15.8. The molecule has 108 valence electrons. The first-order valence-electron chi connectivity index (χ1n) is 5.59. The Hall–Kier alpha value is -1.55. The Bertz CT molecular complexity index is 739. The van der Waals surface area contributed by atoms with Crippen LogP contribution >= 0.6 is 38.5 Å². The van der Waals surface area contributed by atoms with Crippen molar-refractivity contribution in [3.8, 4) is 0 Å². The maximum Gasteiger partial charge on any atom is 0.284 e. The van der Waals surface area contributed by atoms with E-state index in [1.165, 1.54) is 36.4 Å². The van der Waals surface area contributed by atoms with E-state index in [-0.39, 0.29) is 15.7 Å². The molecule has 0 aliphatic heterocycles. The average molecular weight is 465 g/mol. The van der Waals surface area contributed by atoms with Crippen molar-refractivity contribution in [3.63, 3.8) is 0 Å². The molecule has 2 aromatic rings. The number of benzene rings is 2. The van der Waals surface area contributed by atoms with E-state index in [1.807, 2.05) is 22.6 Å². The Morgan fingerprint density at radius 2 is 2.05 bits per heavy atom. The third kappa shape index (κ3) is 3.56. The van der Waals surface area contributed by atoms with E-state index in [4.69, 9.17) is 0 Å². The van der Waals surface area contributed by atoms with Gasteiger partial charge in [-0.25, -0.2) is 4.39 Å². The highest BCUT2D eigenvalue weighted by Crippen LogP contribution is 2.29. The van der Waals surface area contributed by atoms with Crippen LogP contribution in [-0.2, 0) is 0 Å². The van der Waals surface area contributed by atoms with Crippen LogP contribution in [0, 0.1) is 19.5 Å². The molecular formula is C13H7BrFIN2O3. The molecule has 0 aromatic heterocycles. The molecule has 0 radical (unpaired) electrons. The third-order valence-corrected chi connectivity index (χ3v) is 4.32. The third-order valence-electron chi connectivity index (χ3n) is 2.60. The van der Waals surface area contributed by atoms with Crippen LogP contribution in [0.1, 0.15) is 10.4 Å². The highest BCUT2D eigenvalue weighted by molar-refractivity contribution is 14.1. The fraction of sp³-hybridized carbons (Fsp3) is 0. The van der Waals surface area contributed by atoms with Gasteiger partial charge in [-0.1, -0.05) is 6.07 Å². The SMILES string of the molecule is O=C(Nc1ccc(F)cc1I)c1cccc([N+](=O)[O-])c1Br. The summed E-state index contributed by atoms with van der Waals surface area (Å²) in [5, 5.41) is 13.4. The number of anilines is 1. The van der Waals surface area contributed by atoms with E-state index >= 15 is 0 Å². The lowest BCUT2D eigenvalue weighted by molar-refractivity contribution is -0.385. The lowest BCUT2D eigenvalue weighted by Crippen LogP contribution is -2.14. The number of nitrogens with one attached hydrogen (secondary N) is 1. The number of hydrogen-bond donors (Lipinski definition) is 1. The van der Waals surface area contributed by atoms with Crippen molar-refractivity contribution in [3.05, 3.63) is 65.9 Å². The van der Waals surface area contributed by atoms with Crippen molar-refractivity contribution >= 4 is 55.8 Å². The monoisotopic (exact) mass is 464 g/mol. The molecule has 0 spiro atoms. The number of nitro groups is 1. The zero-order chi connectivity index (χ0) is 15.6. The van der Waals surface area contributed by atoms with Crippen LogP contribution < -0.4 is 5.32 Å². The summed E-state index contributed by atoms with van der Waals surface area (Å²) in [5.74, 6) is -0.927. The van der Waals surface area contributed by atoms with E-state index in [0.717, 1.165) is 0 Å². The van der Waals surface area contributed by atoms with Gasteiger partial charge in [-0.05, 0) is 62.8 Å². The summed E-state index contributed by atoms with van der Waals surface area (Å²) < 4.78 is 13.6. The second-order valence-electron chi connectivity index (χ2n) is 3.97. The van der Waals surface area contributed by atoms with Crippen molar-refractivity contribution in [1.29, 1.82) is 0 Å². The first-order chi connectivity index (χ1) is 9.90. The molecule has 1 N–H and O–H groups in total. The quantitative estimate of drug-likeness (QED) is 0.417. The van der Waals surface area contributed by atoms with Crippen LogP contribution in [0.3, 0.4) is 0 Å². The molecule has 2 rings (SSSR count). The number of halogens is 3. The molecule has 0 unspecified atom stereocenters. The van der Waals surface area contributed by atoms with Crippen LogP contribution in [0.2, 0.25) is 0 Å². The van der Waals surface area contributed by atoms with Crippen LogP contribution in [0.15, 0.2) is 40.9 Å². The van der Waals surface area contributed by atoms with Gasteiger partial charge in [0.05, 0.1) is 16.2 Å². The van der Waals surface area contributed by atoms with Gasteiger partial charge in [0.25, 0.3) is 11.6 Å². The van der Waals surface area contributed by atoms with Crippen LogP contribution in [0.25, 0.3) is 0 Å². The minimum Gasteiger partial charge on any atom is -0.321 e. The summed E-state index contributed by atoms with van der Waals surface area (Å²) in [6, 6.07) is 8.11. The number of carbonyl (C=O) groups is 1. The summed E-state index contributed by atoms with van der Waals surface area (Å²) in [5.41, 5.74) is 0.362. The maximum absolute atomic E-state index is 13.0. The van der Waals surface area contributed by atoms with E-state index in [2.05, 4.69) is 21.2 Å². The minimum atomic E-state index is -0.581. The molecule has 0 aliphatic carbocycles. The Morgan fingerprint density at radius 3 is 2.67 bits per heavy atom. The number of amides is 1. The number of nitro benzene ring substituents is 1. The van der Waals surface area contributed by atoms with Gasteiger partial charge >= 0.3 is 0 Å². The molecule has 2 aromatic carbocycles. The summed E-state index contributed by atoms with van der Waals surface area (Å²) in [4.78, 5) is 22.5. The van der Waals surface area contributed by atoms with E-state index < -0.39 is 16.6 Å². The Morgan fingerprint density at radius 1 is 1.33 bits per heavy atom. The Labute approximate surface area is 141 Å². The lowest BCUT2D eigenvalue weighted by Gasteiger charge is -2.09. The molecule has 21 heavy (non-hydrogen) atoms. The van der Waals surface area contributed by atoms with Gasteiger partial charge in [-0.2, -0.15) is 0 Å². The lowest BCUT2D eigenvalue weighted by atomic mass is 10.2. The summed E-state index contributed by atoms with van der Waals surface area (Å²) in [6.07, 6.45) is 0. The van der Waals surface area contributed by atoms with Gasteiger partial charge in [0.1, 0.15) is 10.3 Å². The van der Waals surface area contributed by atoms with Gasteiger partial charge in [0.2, 0.25) is 0 Å². The van der Waals surface area contributed by atoms with Crippen molar-refractivity contribution in [1.82, 2.24) is 0 Å². The second-order valence-corrected chi connectivity index (χ2v) is 5.93. The Balaban J connectivity index is 2.33. The average Bonchev–Trinajstić information content (AvgIpc) is 2.41. The number of rotatable bonds is 3. The summed E-state index contributed by atoms with van der Waals surface area (Å²) in [6.45, 7) is 0. The highest BCUT2D eigenvalue weighted by Gasteiger charge is 2.20. The van der Waals surface area contributed by atoms with Gasteiger partial charge in [-0.3, -0.25) is 14.9 Å².